The van der Waals surface area contributed by atoms with E-state index in [2.05, 4.69) is 6.92 Å². The van der Waals surface area contributed by atoms with Gasteiger partial charge in [-0.3, -0.25) is 0 Å². The van der Waals surface area contributed by atoms with Crippen LogP contribution in [0.15, 0.2) is 42.5 Å². The number of halogens is 6. The summed E-state index contributed by atoms with van der Waals surface area (Å²) in [6, 6.07) is 10.0. The Morgan fingerprint density at radius 2 is 1.29 bits per heavy atom. The average Bonchev–Trinajstić information content (AvgIpc) is 2.95. The topological polar surface area (TPSA) is 18.5 Å². The molecule has 0 aliphatic heterocycles. The number of aryl methyl sites for hydroxylation is 1. The SMILES string of the molecule is CCCCCCCc1ccc(C(F)(F)OC2CCC(C(F)(F)OC3CCC(c4ccc(F)c(F)c4)CC3)CC2)cc1. The van der Waals surface area contributed by atoms with Crippen LogP contribution in [0.2, 0.25) is 0 Å². The smallest absolute Gasteiger partial charge is 0.317 e. The van der Waals surface area contributed by atoms with Crippen molar-refractivity contribution in [3.05, 3.63) is 70.8 Å². The van der Waals surface area contributed by atoms with Gasteiger partial charge in [-0.1, -0.05) is 62.9 Å². The first-order valence-electron chi connectivity index (χ1n) is 15.2. The molecule has 2 aromatic rings. The first-order valence-corrected chi connectivity index (χ1v) is 15.2. The molecule has 2 fully saturated rings. The van der Waals surface area contributed by atoms with Crippen LogP contribution in [0.5, 0.6) is 0 Å². The molecule has 2 aliphatic rings. The summed E-state index contributed by atoms with van der Waals surface area (Å²) in [5.74, 6) is -2.91. The third-order valence-corrected chi connectivity index (χ3v) is 8.74. The van der Waals surface area contributed by atoms with Crippen molar-refractivity contribution < 1.29 is 35.8 Å². The minimum absolute atomic E-state index is 0.0282. The highest BCUT2D eigenvalue weighted by atomic mass is 19.3. The summed E-state index contributed by atoms with van der Waals surface area (Å²) in [5.41, 5.74) is 1.46. The summed E-state index contributed by atoms with van der Waals surface area (Å²) in [7, 11) is 0. The van der Waals surface area contributed by atoms with Crippen molar-refractivity contribution in [2.24, 2.45) is 5.92 Å². The molecule has 4 rings (SSSR count). The first kappa shape index (κ1) is 31.9. The van der Waals surface area contributed by atoms with Crippen LogP contribution in [0.4, 0.5) is 26.3 Å². The van der Waals surface area contributed by atoms with Crippen LogP contribution in [-0.2, 0) is 22.0 Å². The number of hydrogen-bond donors (Lipinski definition) is 0. The van der Waals surface area contributed by atoms with E-state index in [0.29, 0.717) is 31.2 Å². The highest BCUT2D eigenvalue weighted by molar-refractivity contribution is 5.25. The maximum atomic E-state index is 15.0. The van der Waals surface area contributed by atoms with Gasteiger partial charge < -0.3 is 9.47 Å². The molecule has 0 radical (unpaired) electrons. The van der Waals surface area contributed by atoms with Gasteiger partial charge >= 0.3 is 12.2 Å². The summed E-state index contributed by atoms with van der Waals surface area (Å²) in [5, 5.41) is 0. The molecule has 8 heteroatoms. The number of benzene rings is 2. The van der Waals surface area contributed by atoms with Gasteiger partial charge in [-0.15, -0.1) is 0 Å². The molecule has 2 aromatic carbocycles. The number of rotatable bonds is 13. The van der Waals surface area contributed by atoms with E-state index in [0.717, 1.165) is 30.9 Å². The minimum atomic E-state index is -3.48. The summed E-state index contributed by atoms with van der Waals surface area (Å²) in [6.07, 6.45) is 0.453. The van der Waals surface area contributed by atoms with Crippen molar-refractivity contribution in [2.45, 2.75) is 127 Å². The lowest BCUT2D eigenvalue weighted by Crippen LogP contribution is -2.40. The quantitative estimate of drug-likeness (QED) is 0.172. The molecule has 2 aliphatic carbocycles. The molecule has 0 amide bonds. The van der Waals surface area contributed by atoms with Gasteiger partial charge in [-0.25, -0.2) is 8.78 Å². The molecule has 0 bridgehead atoms. The highest BCUT2D eigenvalue weighted by Crippen LogP contribution is 2.44. The largest absolute Gasteiger partial charge is 0.383 e. The summed E-state index contributed by atoms with van der Waals surface area (Å²) < 4.78 is 97.0. The summed E-state index contributed by atoms with van der Waals surface area (Å²) >= 11 is 0. The first-order chi connectivity index (χ1) is 19.6. The van der Waals surface area contributed by atoms with Gasteiger partial charge in [0.2, 0.25) is 0 Å². The maximum Gasteiger partial charge on any atom is 0.383 e. The highest BCUT2D eigenvalue weighted by Gasteiger charge is 2.46. The van der Waals surface area contributed by atoms with Crippen molar-refractivity contribution in [3.8, 4) is 0 Å². The number of unbranched alkanes of at least 4 members (excludes halogenated alkanes) is 4. The second kappa shape index (κ2) is 14.4. The maximum absolute atomic E-state index is 15.0. The Labute approximate surface area is 239 Å². The molecule has 228 valence electrons. The summed E-state index contributed by atoms with van der Waals surface area (Å²) in [4.78, 5) is 0. The fourth-order valence-electron chi connectivity index (χ4n) is 6.19. The van der Waals surface area contributed by atoms with E-state index in [1.54, 1.807) is 12.1 Å². The van der Waals surface area contributed by atoms with E-state index in [9.17, 15) is 17.6 Å². The van der Waals surface area contributed by atoms with Crippen LogP contribution in [0.3, 0.4) is 0 Å². The molecule has 0 N–H and O–H groups in total. The number of hydrogen-bond acceptors (Lipinski definition) is 2. The third-order valence-electron chi connectivity index (χ3n) is 8.74. The Morgan fingerprint density at radius 1 is 0.683 bits per heavy atom. The third kappa shape index (κ3) is 8.96. The van der Waals surface area contributed by atoms with Crippen LogP contribution in [0.1, 0.15) is 113 Å². The molecule has 0 heterocycles. The Morgan fingerprint density at radius 3 is 1.93 bits per heavy atom. The van der Waals surface area contributed by atoms with E-state index in [4.69, 9.17) is 9.47 Å². The van der Waals surface area contributed by atoms with E-state index < -0.39 is 42.0 Å². The van der Waals surface area contributed by atoms with E-state index in [1.807, 2.05) is 0 Å². The van der Waals surface area contributed by atoms with Crippen molar-refractivity contribution in [2.75, 3.05) is 0 Å². The fraction of sp³-hybridized carbons (Fsp3) is 0.636. The number of alkyl halides is 4. The van der Waals surface area contributed by atoms with E-state index >= 15 is 8.78 Å². The van der Waals surface area contributed by atoms with E-state index in [1.165, 1.54) is 43.5 Å². The lowest BCUT2D eigenvalue weighted by atomic mass is 9.82. The average molecular weight is 585 g/mol. The standard InChI is InChI=1S/C33H42F6O2/c1-2-3-4-5-6-7-23-8-13-26(14-9-23)32(36,37)41-29-19-15-27(16-20-29)33(38,39)40-28-17-10-24(11-18-28)25-12-21-30(34)31(35)22-25/h8-9,12-14,21-22,24,27-29H,2-7,10-11,15-20H2,1H3. The molecule has 41 heavy (non-hydrogen) atoms. The van der Waals surface area contributed by atoms with Crippen molar-refractivity contribution in [1.82, 2.24) is 0 Å². The molecule has 0 atom stereocenters. The molecular formula is C33H42F6O2. The molecule has 0 aromatic heterocycles. The van der Waals surface area contributed by atoms with Gasteiger partial charge in [-0.05, 0) is 93.4 Å². The Hall–Kier alpha value is -2.06. The molecule has 2 nitrogen and oxygen atoms in total. The second-order valence-electron chi connectivity index (χ2n) is 11.8. The van der Waals surface area contributed by atoms with Crippen molar-refractivity contribution in [3.63, 3.8) is 0 Å². The van der Waals surface area contributed by atoms with Gasteiger partial charge in [0.25, 0.3) is 0 Å². The van der Waals surface area contributed by atoms with Gasteiger partial charge in [0.05, 0.1) is 23.7 Å². The van der Waals surface area contributed by atoms with Gasteiger partial charge in [0.1, 0.15) is 0 Å². The van der Waals surface area contributed by atoms with Crippen LogP contribution < -0.4 is 0 Å². The summed E-state index contributed by atoms with van der Waals surface area (Å²) in [6.45, 7) is 2.16. The Kier molecular flexibility index (Phi) is 11.2. The zero-order valence-electron chi connectivity index (χ0n) is 23.8. The van der Waals surface area contributed by atoms with Crippen molar-refractivity contribution >= 4 is 0 Å². The van der Waals surface area contributed by atoms with Gasteiger partial charge in [0.15, 0.2) is 11.6 Å². The van der Waals surface area contributed by atoms with Crippen LogP contribution in [0, 0.1) is 17.6 Å². The predicted molar refractivity (Wildman–Crippen MR) is 147 cm³/mol. The second-order valence-corrected chi connectivity index (χ2v) is 11.8. The Balaban J connectivity index is 1.20. The lowest BCUT2D eigenvalue weighted by Gasteiger charge is -2.37. The van der Waals surface area contributed by atoms with Gasteiger partial charge in [0, 0.05) is 0 Å². The zero-order valence-corrected chi connectivity index (χ0v) is 23.8. The lowest BCUT2D eigenvalue weighted by molar-refractivity contribution is -0.311. The molecule has 0 spiro atoms. The normalized spacial score (nSPS) is 24.0. The molecule has 0 unspecified atom stereocenters. The van der Waals surface area contributed by atoms with Crippen LogP contribution >= 0.6 is 0 Å². The van der Waals surface area contributed by atoms with Crippen LogP contribution in [-0.4, -0.2) is 18.3 Å². The number of ether oxygens (including phenoxy) is 2. The zero-order chi connectivity index (χ0) is 29.5. The monoisotopic (exact) mass is 584 g/mol. The fourth-order valence-corrected chi connectivity index (χ4v) is 6.19. The Bertz CT molecular complexity index is 1070. The molecular weight excluding hydrogens is 542 g/mol. The van der Waals surface area contributed by atoms with Gasteiger partial charge in [-0.2, -0.15) is 17.6 Å². The molecule has 2 saturated carbocycles. The van der Waals surface area contributed by atoms with Crippen molar-refractivity contribution in [1.29, 1.82) is 0 Å². The van der Waals surface area contributed by atoms with Crippen LogP contribution in [0.25, 0.3) is 0 Å². The molecule has 0 saturated heterocycles. The minimum Gasteiger partial charge on any atom is -0.317 e. The van der Waals surface area contributed by atoms with E-state index in [-0.39, 0.29) is 37.2 Å². The predicted octanol–water partition coefficient (Wildman–Crippen LogP) is 10.4.